The molecule has 0 aliphatic carbocycles. The lowest BCUT2D eigenvalue weighted by atomic mass is 10.4. The Bertz CT molecular complexity index is 482. The minimum atomic E-state index is -3.52. The van der Waals surface area contributed by atoms with Crippen LogP contribution in [-0.4, -0.2) is 39.0 Å². The molecule has 18 heavy (non-hydrogen) atoms. The molecule has 0 aliphatic heterocycles. The Morgan fingerprint density at radius 2 is 2.17 bits per heavy atom. The summed E-state index contributed by atoms with van der Waals surface area (Å²) in [7, 11) is -1.97. The van der Waals surface area contributed by atoms with E-state index in [1.807, 2.05) is 13.8 Å². The van der Waals surface area contributed by atoms with Crippen LogP contribution in [0.2, 0.25) is 5.02 Å². The van der Waals surface area contributed by atoms with Gasteiger partial charge in [-0.3, -0.25) is 0 Å². The van der Waals surface area contributed by atoms with Crippen molar-refractivity contribution in [2.75, 3.05) is 20.3 Å². The van der Waals surface area contributed by atoms with Gasteiger partial charge in [-0.05, 0) is 35.8 Å². The molecule has 0 aliphatic rings. The Morgan fingerprint density at radius 3 is 2.56 bits per heavy atom. The Kier molecular flexibility index (Phi) is 6.08. The number of halogens is 2. The lowest BCUT2D eigenvalue weighted by Crippen LogP contribution is -2.38. The number of methoxy groups -OCH3 is 1. The molecule has 0 bridgehead atoms. The van der Waals surface area contributed by atoms with Gasteiger partial charge in [0.1, 0.15) is 4.21 Å². The molecule has 0 unspecified atom stereocenters. The molecule has 0 spiro atoms. The molecule has 1 heterocycles. The third kappa shape index (κ3) is 3.68. The van der Waals surface area contributed by atoms with Crippen LogP contribution in [0.5, 0.6) is 0 Å². The first-order valence-corrected chi connectivity index (χ1v) is 8.69. The Hall–Kier alpha value is 0.340. The van der Waals surface area contributed by atoms with Gasteiger partial charge in [-0.15, -0.1) is 11.3 Å². The molecule has 1 aromatic rings. The van der Waals surface area contributed by atoms with Crippen LogP contribution in [0.1, 0.15) is 13.8 Å². The summed E-state index contributed by atoms with van der Waals surface area (Å²) in [6.45, 7) is 4.34. The van der Waals surface area contributed by atoms with Crippen LogP contribution in [0.3, 0.4) is 0 Å². The maximum atomic E-state index is 12.4. The minimum Gasteiger partial charge on any atom is -0.383 e. The Morgan fingerprint density at radius 1 is 1.56 bits per heavy atom. The minimum absolute atomic E-state index is 0.134. The third-order valence-electron chi connectivity index (χ3n) is 2.28. The summed E-state index contributed by atoms with van der Waals surface area (Å²) in [6.07, 6.45) is 0. The third-order valence-corrected chi connectivity index (χ3v) is 7.28. The number of sulfonamides is 1. The molecule has 8 heteroatoms. The van der Waals surface area contributed by atoms with Crippen LogP contribution in [0.25, 0.3) is 0 Å². The van der Waals surface area contributed by atoms with Gasteiger partial charge in [-0.25, -0.2) is 8.42 Å². The first kappa shape index (κ1) is 16.4. The number of ether oxygens (including phenoxy) is 1. The summed E-state index contributed by atoms with van der Waals surface area (Å²) in [5.41, 5.74) is 0. The maximum Gasteiger partial charge on any atom is 0.252 e. The van der Waals surface area contributed by atoms with E-state index in [2.05, 4.69) is 15.9 Å². The number of hydrogen-bond acceptors (Lipinski definition) is 4. The zero-order valence-corrected chi connectivity index (χ0v) is 14.3. The first-order valence-electron chi connectivity index (χ1n) is 5.26. The Balaban J connectivity index is 3.08. The van der Waals surface area contributed by atoms with E-state index in [-0.39, 0.29) is 10.3 Å². The predicted octanol–water partition coefficient (Wildman–Crippen LogP) is 3.21. The number of hydrogen-bond donors (Lipinski definition) is 0. The lowest BCUT2D eigenvalue weighted by molar-refractivity contribution is 0.171. The van der Waals surface area contributed by atoms with Crippen molar-refractivity contribution >= 4 is 48.9 Å². The van der Waals surface area contributed by atoms with Crippen LogP contribution in [0.15, 0.2) is 14.1 Å². The van der Waals surface area contributed by atoms with Crippen molar-refractivity contribution < 1.29 is 13.2 Å². The summed E-state index contributed by atoms with van der Waals surface area (Å²) in [4.78, 5) is 0. The SMILES string of the molecule is COCCN(C(C)C)S(=O)(=O)c1cc(Cl)c(Br)s1. The standard InChI is InChI=1S/C10H15BrClNO3S2/c1-7(2)13(4-5-16-3)18(14,15)9-6-8(12)10(11)17-9/h6-7H,4-5H2,1-3H3. The molecule has 0 saturated heterocycles. The van der Waals surface area contributed by atoms with E-state index >= 15 is 0 Å². The van der Waals surface area contributed by atoms with Crippen LogP contribution in [0.4, 0.5) is 0 Å². The van der Waals surface area contributed by atoms with Crippen molar-refractivity contribution in [3.63, 3.8) is 0 Å². The molecule has 1 rings (SSSR count). The second kappa shape index (κ2) is 6.67. The van der Waals surface area contributed by atoms with Gasteiger partial charge >= 0.3 is 0 Å². The van der Waals surface area contributed by atoms with Crippen LogP contribution in [0, 0.1) is 0 Å². The lowest BCUT2D eigenvalue weighted by Gasteiger charge is -2.24. The fourth-order valence-electron chi connectivity index (χ4n) is 1.41. The monoisotopic (exact) mass is 375 g/mol. The maximum absolute atomic E-state index is 12.4. The second-order valence-corrected chi connectivity index (χ2v) is 8.78. The van der Waals surface area contributed by atoms with Gasteiger partial charge in [-0.2, -0.15) is 4.31 Å². The highest BCUT2D eigenvalue weighted by atomic mass is 79.9. The highest BCUT2D eigenvalue weighted by molar-refractivity contribution is 9.11. The van der Waals surface area contributed by atoms with Crippen molar-refractivity contribution in [2.24, 2.45) is 0 Å². The van der Waals surface area contributed by atoms with E-state index in [9.17, 15) is 8.42 Å². The van der Waals surface area contributed by atoms with Gasteiger partial charge in [0.25, 0.3) is 10.0 Å². The van der Waals surface area contributed by atoms with Gasteiger partial charge in [0.15, 0.2) is 0 Å². The quantitative estimate of drug-likeness (QED) is 0.766. The molecular formula is C10H15BrClNO3S2. The normalized spacial score (nSPS) is 12.6. The van der Waals surface area contributed by atoms with Crippen molar-refractivity contribution in [2.45, 2.75) is 24.1 Å². The van der Waals surface area contributed by atoms with Gasteiger partial charge in [-0.1, -0.05) is 11.6 Å². The summed E-state index contributed by atoms with van der Waals surface area (Å²) < 4.78 is 32.1. The smallest absolute Gasteiger partial charge is 0.252 e. The fourth-order valence-corrected chi connectivity index (χ4v) is 5.56. The van der Waals surface area contributed by atoms with E-state index in [0.29, 0.717) is 22.0 Å². The van der Waals surface area contributed by atoms with E-state index in [1.54, 1.807) is 7.11 Å². The molecule has 0 aromatic carbocycles. The molecular weight excluding hydrogens is 362 g/mol. The molecule has 0 saturated carbocycles. The molecule has 0 atom stereocenters. The number of rotatable bonds is 6. The molecule has 0 fully saturated rings. The second-order valence-electron chi connectivity index (χ2n) is 3.89. The molecule has 0 N–H and O–H groups in total. The van der Waals surface area contributed by atoms with Crippen LogP contribution >= 0.6 is 38.9 Å². The highest BCUT2D eigenvalue weighted by Gasteiger charge is 2.29. The largest absolute Gasteiger partial charge is 0.383 e. The predicted molar refractivity (Wildman–Crippen MR) is 77.9 cm³/mol. The van der Waals surface area contributed by atoms with E-state index < -0.39 is 10.0 Å². The zero-order valence-electron chi connectivity index (χ0n) is 10.3. The molecule has 104 valence electrons. The van der Waals surface area contributed by atoms with E-state index in [1.165, 1.54) is 10.4 Å². The van der Waals surface area contributed by atoms with Gasteiger partial charge < -0.3 is 4.74 Å². The molecule has 4 nitrogen and oxygen atoms in total. The average molecular weight is 377 g/mol. The zero-order chi connectivity index (χ0) is 13.9. The number of nitrogens with zero attached hydrogens (tertiary/aromatic N) is 1. The van der Waals surface area contributed by atoms with Crippen LogP contribution in [-0.2, 0) is 14.8 Å². The van der Waals surface area contributed by atoms with Gasteiger partial charge in [0.2, 0.25) is 0 Å². The van der Waals surface area contributed by atoms with Crippen LogP contribution < -0.4 is 0 Å². The summed E-state index contributed by atoms with van der Waals surface area (Å²) >= 11 is 10.2. The van der Waals surface area contributed by atoms with Crippen molar-refractivity contribution in [3.8, 4) is 0 Å². The molecule has 0 amide bonds. The summed E-state index contributed by atoms with van der Waals surface area (Å²) in [5, 5.41) is 0.411. The topological polar surface area (TPSA) is 46.6 Å². The first-order chi connectivity index (χ1) is 8.30. The Labute approximate surface area is 125 Å². The molecule has 1 aromatic heterocycles. The van der Waals surface area contributed by atoms with E-state index in [0.717, 1.165) is 11.3 Å². The highest BCUT2D eigenvalue weighted by Crippen LogP contribution is 2.36. The van der Waals surface area contributed by atoms with E-state index in [4.69, 9.17) is 16.3 Å². The van der Waals surface area contributed by atoms with Crippen molar-refractivity contribution in [1.29, 1.82) is 0 Å². The summed E-state index contributed by atoms with van der Waals surface area (Å²) in [6, 6.07) is 1.33. The summed E-state index contributed by atoms with van der Waals surface area (Å²) in [5.74, 6) is 0. The van der Waals surface area contributed by atoms with Crippen molar-refractivity contribution in [3.05, 3.63) is 14.9 Å². The number of thiophene rings is 1. The van der Waals surface area contributed by atoms with Crippen molar-refractivity contribution in [1.82, 2.24) is 4.31 Å². The molecule has 0 radical (unpaired) electrons. The van der Waals surface area contributed by atoms with Gasteiger partial charge in [0, 0.05) is 19.7 Å². The van der Waals surface area contributed by atoms with Gasteiger partial charge in [0.05, 0.1) is 15.4 Å². The fraction of sp³-hybridized carbons (Fsp3) is 0.600. The average Bonchev–Trinajstić information content (AvgIpc) is 2.59.